The van der Waals surface area contributed by atoms with E-state index >= 15 is 0 Å². The minimum Gasteiger partial charge on any atom is -0.494 e. The summed E-state index contributed by atoms with van der Waals surface area (Å²) in [6.45, 7) is 3.52. The van der Waals surface area contributed by atoms with Crippen molar-refractivity contribution in [3.8, 4) is 5.75 Å². The Bertz CT molecular complexity index is 856. The first-order valence-electron chi connectivity index (χ1n) is 8.02. The predicted octanol–water partition coefficient (Wildman–Crippen LogP) is 3.94. The molecule has 0 saturated heterocycles. The van der Waals surface area contributed by atoms with E-state index in [1.807, 2.05) is 19.1 Å². The number of aromatic amines is 1. The van der Waals surface area contributed by atoms with Gasteiger partial charge < -0.3 is 15.0 Å². The highest BCUT2D eigenvalue weighted by Crippen LogP contribution is 2.35. The molecule has 1 atom stereocenters. The Morgan fingerprint density at radius 2 is 2.13 bits per heavy atom. The first-order valence-corrected chi connectivity index (χ1v) is 8.02. The number of halogens is 1. The van der Waals surface area contributed by atoms with Gasteiger partial charge in [-0.1, -0.05) is 12.1 Å². The second-order valence-corrected chi connectivity index (χ2v) is 5.85. The summed E-state index contributed by atoms with van der Waals surface area (Å²) in [7, 11) is 0. The quantitative estimate of drug-likeness (QED) is 0.769. The number of H-pyrrole nitrogens is 1. The van der Waals surface area contributed by atoms with E-state index in [0.717, 1.165) is 35.5 Å². The molecule has 0 amide bonds. The van der Waals surface area contributed by atoms with Crippen molar-refractivity contribution in [2.45, 2.75) is 19.4 Å². The summed E-state index contributed by atoms with van der Waals surface area (Å²) in [4.78, 5) is 3.51. The summed E-state index contributed by atoms with van der Waals surface area (Å²) in [5.41, 5.74) is 4.48. The highest BCUT2D eigenvalue weighted by Gasteiger charge is 2.25. The van der Waals surface area contributed by atoms with E-state index in [-0.39, 0.29) is 11.9 Å². The molecule has 1 aliphatic rings. The molecule has 1 aromatic heterocycles. The van der Waals surface area contributed by atoms with Crippen LogP contribution in [0.5, 0.6) is 5.75 Å². The van der Waals surface area contributed by atoms with Gasteiger partial charge >= 0.3 is 0 Å². The first kappa shape index (κ1) is 14.3. The van der Waals surface area contributed by atoms with Crippen LogP contribution in [0, 0.1) is 5.82 Å². The maximum absolute atomic E-state index is 13.6. The van der Waals surface area contributed by atoms with Crippen LogP contribution < -0.4 is 10.1 Å². The Labute approximate surface area is 134 Å². The molecule has 0 saturated carbocycles. The van der Waals surface area contributed by atoms with Crippen molar-refractivity contribution < 1.29 is 9.13 Å². The van der Waals surface area contributed by atoms with Gasteiger partial charge in [-0.05, 0) is 54.8 Å². The Kier molecular flexibility index (Phi) is 3.54. The van der Waals surface area contributed by atoms with Crippen LogP contribution in [0.4, 0.5) is 4.39 Å². The van der Waals surface area contributed by atoms with E-state index in [4.69, 9.17) is 4.74 Å². The molecule has 3 nitrogen and oxygen atoms in total. The van der Waals surface area contributed by atoms with E-state index in [2.05, 4.69) is 22.4 Å². The minimum atomic E-state index is -0.203. The molecular weight excluding hydrogens is 291 g/mol. The Balaban J connectivity index is 1.83. The molecule has 0 aliphatic carbocycles. The second-order valence-electron chi connectivity index (χ2n) is 5.85. The number of fused-ring (bicyclic) bond motifs is 3. The van der Waals surface area contributed by atoms with Crippen molar-refractivity contribution in [3.05, 3.63) is 65.1 Å². The fourth-order valence-corrected chi connectivity index (χ4v) is 3.43. The van der Waals surface area contributed by atoms with Crippen LogP contribution in [0.25, 0.3) is 10.9 Å². The Morgan fingerprint density at radius 3 is 2.96 bits per heavy atom. The topological polar surface area (TPSA) is 37.0 Å². The summed E-state index contributed by atoms with van der Waals surface area (Å²) in [6.07, 6.45) is 0.955. The number of aromatic nitrogens is 1. The SMILES string of the molecule is CCOc1ccc2[nH]c3c(c2c1)CCNC3c1cccc(F)c1. The average Bonchev–Trinajstić information content (AvgIpc) is 2.93. The smallest absolute Gasteiger partial charge is 0.123 e. The number of hydrogen-bond donors (Lipinski definition) is 2. The van der Waals surface area contributed by atoms with E-state index in [0.29, 0.717) is 6.61 Å². The fourth-order valence-electron chi connectivity index (χ4n) is 3.43. The van der Waals surface area contributed by atoms with E-state index in [1.54, 1.807) is 12.1 Å². The van der Waals surface area contributed by atoms with Crippen molar-refractivity contribution in [2.75, 3.05) is 13.2 Å². The maximum Gasteiger partial charge on any atom is 0.123 e. The van der Waals surface area contributed by atoms with Gasteiger partial charge in [0.05, 0.1) is 12.6 Å². The summed E-state index contributed by atoms with van der Waals surface area (Å²) in [6, 6.07) is 12.9. The molecule has 0 fully saturated rings. The van der Waals surface area contributed by atoms with Crippen LogP contribution in [0.3, 0.4) is 0 Å². The summed E-state index contributed by atoms with van der Waals surface area (Å²) in [5, 5.41) is 4.69. The molecule has 0 radical (unpaired) electrons. The lowest BCUT2D eigenvalue weighted by atomic mass is 9.94. The van der Waals surface area contributed by atoms with Gasteiger partial charge in [0.15, 0.2) is 0 Å². The van der Waals surface area contributed by atoms with Gasteiger partial charge in [0.25, 0.3) is 0 Å². The Hall–Kier alpha value is -2.33. The summed E-state index contributed by atoms with van der Waals surface area (Å²) >= 11 is 0. The maximum atomic E-state index is 13.6. The lowest BCUT2D eigenvalue weighted by Crippen LogP contribution is -2.30. The highest BCUT2D eigenvalue weighted by atomic mass is 19.1. The normalized spacial score (nSPS) is 17.2. The van der Waals surface area contributed by atoms with E-state index < -0.39 is 0 Å². The largest absolute Gasteiger partial charge is 0.494 e. The Morgan fingerprint density at radius 1 is 1.22 bits per heavy atom. The van der Waals surface area contributed by atoms with Gasteiger partial charge in [0, 0.05) is 23.1 Å². The molecular formula is C19H19FN2O. The average molecular weight is 310 g/mol. The fraction of sp³-hybridized carbons (Fsp3) is 0.263. The van der Waals surface area contributed by atoms with Crippen LogP contribution in [0.1, 0.15) is 29.8 Å². The van der Waals surface area contributed by atoms with E-state index in [1.165, 1.54) is 17.0 Å². The van der Waals surface area contributed by atoms with Crippen molar-refractivity contribution in [3.63, 3.8) is 0 Å². The molecule has 1 aliphatic heterocycles. The molecule has 4 rings (SSSR count). The van der Waals surface area contributed by atoms with Crippen molar-refractivity contribution in [1.82, 2.24) is 10.3 Å². The number of nitrogens with one attached hydrogen (secondary N) is 2. The molecule has 4 heteroatoms. The number of benzene rings is 2. The minimum absolute atomic E-state index is 0.00241. The standard InChI is InChI=1S/C19H19FN2O/c1-2-23-14-6-7-17-16(11-14)15-8-9-21-18(19(15)22-17)12-4-3-5-13(20)10-12/h3-7,10-11,18,21-22H,2,8-9H2,1H3. The zero-order valence-electron chi connectivity index (χ0n) is 13.0. The lowest BCUT2D eigenvalue weighted by molar-refractivity contribution is 0.340. The van der Waals surface area contributed by atoms with Gasteiger partial charge in [0.2, 0.25) is 0 Å². The number of rotatable bonds is 3. The molecule has 0 spiro atoms. The van der Waals surface area contributed by atoms with Crippen LogP contribution in [0.15, 0.2) is 42.5 Å². The van der Waals surface area contributed by atoms with Crippen LogP contribution in [-0.4, -0.2) is 18.1 Å². The lowest BCUT2D eigenvalue weighted by Gasteiger charge is -2.24. The number of ether oxygens (including phenoxy) is 1. The molecule has 3 aromatic rings. The highest BCUT2D eigenvalue weighted by molar-refractivity contribution is 5.86. The third-order valence-corrected chi connectivity index (χ3v) is 4.42. The van der Waals surface area contributed by atoms with Gasteiger partial charge in [-0.2, -0.15) is 0 Å². The van der Waals surface area contributed by atoms with Gasteiger partial charge in [0.1, 0.15) is 11.6 Å². The number of hydrogen-bond acceptors (Lipinski definition) is 2. The summed E-state index contributed by atoms with van der Waals surface area (Å²) in [5.74, 6) is 0.689. The van der Waals surface area contributed by atoms with Crippen molar-refractivity contribution in [1.29, 1.82) is 0 Å². The molecule has 2 heterocycles. The van der Waals surface area contributed by atoms with Crippen molar-refractivity contribution in [2.24, 2.45) is 0 Å². The summed E-state index contributed by atoms with van der Waals surface area (Å²) < 4.78 is 19.2. The van der Waals surface area contributed by atoms with Crippen molar-refractivity contribution >= 4 is 10.9 Å². The molecule has 23 heavy (non-hydrogen) atoms. The van der Waals surface area contributed by atoms with Gasteiger partial charge in [-0.25, -0.2) is 4.39 Å². The van der Waals surface area contributed by atoms with E-state index in [9.17, 15) is 4.39 Å². The second kappa shape index (κ2) is 5.70. The zero-order valence-corrected chi connectivity index (χ0v) is 13.0. The van der Waals surface area contributed by atoms with Crippen LogP contribution in [0.2, 0.25) is 0 Å². The van der Waals surface area contributed by atoms with Crippen LogP contribution >= 0.6 is 0 Å². The third-order valence-electron chi connectivity index (χ3n) is 4.42. The zero-order chi connectivity index (χ0) is 15.8. The molecule has 2 N–H and O–H groups in total. The van der Waals surface area contributed by atoms with Gasteiger partial charge in [-0.3, -0.25) is 0 Å². The molecule has 2 aromatic carbocycles. The molecule has 0 bridgehead atoms. The third kappa shape index (κ3) is 2.49. The molecule has 1 unspecified atom stereocenters. The monoisotopic (exact) mass is 310 g/mol. The van der Waals surface area contributed by atoms with Crippen LogP contribution in [-0.2, 0) is 6.42 Å². The van der Waals surface area contributed by atoms with Gasteiger partial charge in [-0.15, -0.1) is 0 Å². The molecule has 118 valence electrons. The first-order chi connectivity index (χ1) is 11.3. The predicted molar refractivity (Wildman–Crippen MR) is 89.4 cm³/mol.